The quantitative estimate of drug-likeness (QED) is 0.0817. The van der Waals surface area contributed by atoms with Crippen LogP contribution < -0.4 is 31.3 Å². The number of hydrogen-bond donors (Lipinski definition) is 4. The number of nitrogens with zero attached hydrogens (tertiary/aromatic N) is 2. The number of benzene rings is 2. The number of alkyl halides is 3. The average molecular weight is 550 g/mol. The number of methoxy groups -OCH3 is 2. The van der Waals surface area contributed by atoms with Crippen LogP contribution in [0, 0.1) is 0 Å². The molecule has 0 saturated heterocycles. The molecule has 0 aliphatic carbocycles. The first-order chi connectivity index (χ1) is 18.5. The molecule has 0 bridgehead atoms. The summed E-state index contributed by atoms with van der Waals surface area (Å²) in [7, 11) is 3.04. The monoisotopic (exact) mass is 549 g/mol. The zero-order chi connectivity index (χ0) is 29.2. The highest BCUT2D eigenvalue weighted by Crippen LogP contribution is 2.35. The van der Waals surface area contributed by atoms with Crippen LogP contribution in [0.1, 0.15) is 28.5 Å². The van der Waals surface area contributed by atoms with E-state index in [4.69, 9.17) is 35.8 Å². The minimum Gasteiger partial charge on any atom is -0.493 e. The molecule has 0 atom stereocenters. The number of carboxylic acid groups (broad SMARTS) is 1. The summed E-state index contributed by atoms with van der Waals surface area (Å²) in [4.78, 5) is 26.7. The Balaban J connectivity index is 0.000000673. The van der Waals surface area contributed by atoms with Crippen LogP contribution in [0.5, 0.6) is 17.2 Å². The zero-order valence-electron chi connectivity index (χ0n) is 21.1. The Morgan fingerprint density at radius 2 is 1.74 bits per heavy atom. The van der Waals surface area contributed by atoms with Crippen LogP contribution >= 0.6 is 0 Å². The van der Waals surface area contributed by atoms with E-state index in [0.29, 0.717) is 45.8 Å². The van der Waals surface area contributed by atoms with Crippen LogP contribution in [0.4, 0.5) is 13.2 Å². The molecule has 11 nitrogen and oxygen atoms in total. The van der Waals surface area contributed by atoms with E-state index >= 15 is 0 Å². The molecule has 0 amide bonds. The van der Waals surface area contributed by atoms with Crippen LogP contribution in [-0.2, 0) is 4.79 Å². The smallest absolute Gasteiger partial charge is 0.490 e. The molecule has 14 heteroatoms. The fourth-order valence-corrected chi connectivity index (χ4v) is 3.22. The van der Waals surface area contributed by atoms with Gasteiger partial charge in [-0.2, -0.15) is 18.3 Å². The number of hydrazine groups is 1. The van der Waals surface area contributed by atoms with Gasteiger partial charge in [0.2, 0.25) is 5.78 Å². The van der Waals surface area contributed by atoms with Gasteiger partial charge in [-0.15, -0.1) is 0 Å². The normalized spacial score (nSPS) is 11.5. The van der Waals surface area contributed by atoms with Gasteiger partial charge in [-0.1, -0.05) is 24.3 Å². The fraction of sp³-hybridized carbons (Fsp3) is 0.200. The lowest BCUT2D eigenvalue weighted by molar-refractivity contribution is -0.192. The maximum absolute atomic E-state index is 13.4. The SMILES string of the molecule is C/C=C/COc1cccc(C(=O)c2ncc(/C(=N/N)NN)c3cc(OC)c(OC)cc23)c1.O=C(O)C(F)(F)F. The summed E-state index contributed by atoms with van der Waals surface area (Å²) in [6, 6.07) is 10.4. The first-order valence-corrected chi connectivity index (χ1v) is 11.0. The van der Waals surface area contributed by atoms with Crippen molar-refractivity contribution >= 4 is 28.4 Å². The van der Waals surface area contributed by atoms with Crippen molar-refractivity contribution in [1.29, 1.82) is 0 Å². The van der Waals surface area contributed by atoms with Gasteiger partial charge in [-0.25, -0.2) is 10.6 Å². The molecule has 3 aromatic rings. The number of carboxylic acids is 1. The Morgan fingerprint density at radius 3 is 2.26 bits per heavy atom. The highest BCUT2D eigenvalue weighted by Gasteiger charge is 2.38. The summed E-state index contributed by atoms with van der Waals surface area (Å²) in [6.45, 7) is 2.32. The number of pyridine rings is 1. The molecule has 1 heterocycles. The predicted octanol–water partition coefficient (Wildman–Crippen LogP) is 3.15. The molecule has 0 aliphatic heterocycles. The number of aromatic nitrogens is 1. The minimum absolute atomic E-state index is 0.202. The fourth-order valence-electron chi connectivity index (χ4n) is 3.22. The second-order valence-corrected chi connectivity index (χ2v) is 7.44. The number of carbonyl (C=O) groups is 2. The summed E-state index contributed by atoms with van der Waals surface area (Å²) < 4.78 is 48.2. The molecule has 0 fully saturated rings. The van der Waals surface area contributed by atoms with Crippen LogP contribution in [-0.4, -0.2) is 54.7 Å². The number of rotatable bonds is 8. The summed E-state index contributed by atoms with van der Waals surface area (Å²) in [5.74, 6) is 9.69. The Bertz CT molecular complexity index is 1390. The first kappa shape index (κ1) is 30.4. The average Bonchev–Trinajstić information content (AvgIpc) is 2.92. The van der Waals surface area contributed by atoms with E-state index in [1.165, 1.54) is 20.4 Å². The van der Waals surface area contributed by atoms with Crippen molar-refractivity contribution < 1.29 is 42.1 Å². The number of aliphatic carboxylic acids is 1. The molecule has 3 rings (SSSR count). The molecular weight excluding hydrogens is 523 g/mol. The van der Waals surface area contributed by atoms with Gasteiger partial charge in [0.05, 0.1) is 14.2 Å². The molecule has 39 heavy (non-hydrogen) atoms. The second kappa shape index (κ2) is 13.6. The van der Waals surface area contributed by atoms with E-state index in [1.54, 1.807) is 36.4 Å². The number of halogens is 3. The van der Waals surface area contributed by atoms with Crippen molar-refractivity contribution in [2.24, 2.45) is 16.8 Å². The Morgan fingerprint density at radius 1 is 1.13 bits per heavy atom. The summed E-state index contributed by atoms with van der Waals surface area (Å²) in [5, 5.41) is 11.9. The molecule has 2 aromatic carbocycles. The van der Waals surface area contributed by atoms with Gasteiger partial charge in [0, 0.05) is 28.1 Å². The summed E-state index contributed by atoms with van der Waals surface area (Å²) in [5.41, 5.74) is 3.61. The lowest BCUT2D eigenvalue weighted by Gasteiger charge is -2.15. The number of allylic oxidation sites excluding steroid dienone is 1. The third-order valence-corrected chi connectivity index (χ3v) is 5.05. The number of hydrogen-bond acceptors (Lipinski definition) is 9. The van der Waals surface area contributed by atoms with Crippen molar-refractivity contribution in [3.05, 3.63) is 71.6 Å². The number of nitrogens with one attached hydrogen (secondary N) is 1. The van der Waals surface area contributed by atoms with Gasteiger partial charge in [0.15, 0.2) is 17.3 Å². The molecular formula is C25H26F3N5O6. The number of hydrazone groups is 1. The number of amidine groups is 1. The van der Waals surface area contributed by atoms with E-state index in [9.17, 15) is 18.0 Å². The molecule has 1 aromatic heterocycles. The highest BCUT2D eigenvalue weighted by atomic mass is 19.4. The number of nitrogens with two attached hydrogens (primary N) is 2. The van der Waals surface area contributed by atoms with Crippen LogP contribution in [0.25, 0.3) is 10.8 Å². The Labute approximate surface area is 220 Å². The van der Waals surface area contributed by atoms with E-state index in [2.05, 4.69) is 15.5 Å². The Hall–Kier alpha value is -4.85. The van der Waals surface area contributed by atoms with Gasteiger partial charge in [-0.05, 0) is 31.2 Å². The standard InChI is InChI=1S/C23H25N5O4.C2HF3O2/c1-4-5-9-32-15-8-6-7-14(10-15)22(29)21-17-12-20(31-3)19(30-2)11-16(17)18(13-26-21)23(27-24)28-25;3-2(4,5)1(6)7/h4-8,10-13H,9,24-25H2,1-3H3,(H,27,28);(H,6,7)/b5-4+;. The topological polar surface area (TPSA) is 171 Å². The molecule has 208 valence electrons. The van der Waals surface area contributed by atoms with Crippen molar-refractivity contribution in [2.75, 3.05) is 20.8 Å². The lowest BCUT2D eigenvalue weighted by Crippen LogP contribution is -2.32. The maximum Gasteiger partial charge on any atom is 0.490 e. The van der Waals surface area contributed by atoms with Gasteiger partial charge in [0.25, 0.3) is 0 Å². The number of fused-ring (bicyclic) bond motifs is 1. The van der Waals surface area contributed by atoms with E-state index in [1.807, 2.05) is 19.1 Å². The lowest BCUT2D eigenvalue weighted by atomic mass is 9.98. The number of ether oxygens (including phenoxy) is 3. The number of ketones is 1. The van der Waals surface area contributed by atoms with E-state index in [-0.39, 0.29) is 17.3 Å². The van der Waals surface area contributed by atoms with Gasteiger partial charge in [0.1, 0.15) is 18.1 Å². The van der Waals surface area contributed by atoms with Crippen LogP contribution in [0.3, 0.4) is 0 Å². The summed E-state index contributed by atoms with van der Waals surface area (Å²) in [6.07, 6.45) is 0.173. The molecule has 0 aliphatic rings. The molecule has 0 unspecified atom stereocenters. The molecule has 0 radical (unpaired) electrons. The largest absolute Gasteiger partial charge is 0.493 e. The second-order valence-electron chi connectivity index (χ2n) is 7.44. The first-order valence-electron chi connectivity index (χ1n) is 11.0. The van der Waals surface area contributed by atoms with Gasteiger partial charge >= 0.3 is 12.1 Å². The summed E-state index contributed by atoms with van der Waals surface area (Å²) >= 11 is 0. The maximum atomic E-state index is 13.4. The predicted molar refractivity (Wildman–Crippen MR) is 137 cm³/mol. The van der Waals surface area contributed by atoms with E-state index in [0.717, 1.165) is 0 Å². The van der Waals surface area contributed by atoms with Crippen molar-refractivity contribution in [3.63, 3.8) is 0 Å². The van der Waals surface area contributed by atoms with Crippen molar-refractivity contribution in [1.82, 2.24) is 10.4 Å². The van der Waals surface area contributed by atoms with E-state index < -0.39 is 12.1 Å². The molecule has 0 spiro atoms. The highest BCUT2D eigenvalue weighted by molar-refractivity contribution is 6.19. The molecule has 0 saturated carbocycles. The third-order valence-electron chi connectivity index (χ3n) is 5.05. The van der Waals surface area contributed by atoms with Crippen LogP contribution in [0.15, 0.2) is 59.8 Å². The van der Waals surface area contributed by atoms with Crippen molar-refractivity contribution in [3.8, 4) is 17.2 Å². The minimum atomic E-state index is -5.08. The van der Waals surface area contributed by atoms with Gasteiger partial charge in [-0.3, -0.25) is 9.78 Å². The van der Waals surface area contributed by atoms with Crippen LogP contribution in [0.2, 0.25) is 0 Å². The number of carbonyl (C=O) groups excluding carboxylic acids is 1. The third kappa shape index (κ3) is 7.58. The van der Waals surface area contributed by atoms with Gasteiger partial charge < -0.3 is 30.6 Å². The zero-order valence-corrected chi connectivity index (χ0v) is 21.1. The molecule has 6 N–H and O–H groups in total. The van der Waals surface area contributed by atoms with Crippen molar-refractivity contribution in [2.45, 2.75) is 13.1 Å². The Kier molecular flexibility index (Phi) is 10.6.